The first-order valence-corrected chi connectivity index (χ1v) is 7.27. The maximum absolute atomic E-state index is 11.3. The van der Waals surface area contributed by atoms with Crippen molar-refractivity contribution in [2.45, 2.75) is 18.9 Å². The maximum Gasteiger partial charge on any atom is 0.350 e. The van der Waals surface area contributed by atoms with Crippen LogP contribution in [0.3, 0.4) is 0 Å². The Labute approximate surface area is 142 Å². The number of hydrogen-bond donors (Lipinski definition) is 4. The van der Waals surface area contributed by atoms with Crippen molar-refractivity contribution < 1.29 is 24.6 Å². The lowest BCUT2D eigenvalue weighted by molar-refractivity contribution is -0.138. The number of aliphatic carboxylic acids is 2. The van der Waals surface area contributed by atoms with E-state index in [0.717, 1.165) is 5.56 Å². The monoisotopic (exact) mass is 344 g/mol. The molecule has 9 heteroatoms. The third kappa shape index (κ3) is 4.82. The summed E-state index contributed by atoms with van der Waals surface area (Å²) in [6.07, 6.45) is 3.60. The lowest BCUT2D eigenvalue weighted by Crippen LogP contribution is -2.32. The molecule has 0 bridgehead atoms. The zero-order valence-corrected chi connectivity index (χ0v) is 13.0. The number of amides is 1. The van der Waals surface area contributed by atoms with Gasteiger partial charge in [-0.2, -0.15) is 0 Å². The van der Waals surface area contributed by atoms with E-state index >= 15 is 0 Å². The third-order valence-electron chi connectivity index (χ3n) is 3.39. The molecular weight excluding hydrogens is 328 g/mol. The number of rotatable bonds is 4. The molecule has 0 fully saturated rings. The van der Waals surface area contributed by atoms with Crippen LogP contribution in [0.25, 0.3) is 0 Å². The van der Waals surface area contributed by atoms with Gasteiger partial charge in [0.15, 0.2) is 0 Å². The SMILES string of the molecule is N[C@@H](Cc1c[nH]cn1)C(=O)O.O=C(O)C1=NC(=O)c2ccccc2C1. The van der Waals surface area contributed by atoms with Crippen molar-refractivity contribution in [1.29, 1.82) is 0 Å². The van der Waals surface area contributed by atoms with Crippen molar-refractivity contribution in [3.05, 3.63) is 53.6 Å². The number of aromatic nitrogens is 2. The first-order chi connectivity index (χ1) is 11.9. The number of nitrogens with one attached hydrogen (secondary N) is 1. The van der Waals surface area contributed by atoms with E-state index in [1.165, 1.54) is 6.33 Å². The molecule has 0 saturated carbocycles. The summed E-state index contributed by atoms with van der Waals surface area (Å²) in [6.45, 7) is 0. The van der Waals surface area contributed by atoms with Crippen molar-refractivity contribution in [2.24, 2.45) is 10.7 Å². The van der Waals surface area contributed by atoms with Crippen molar-refractivity contribution in [2.75, 3.05) is 0 Å². The number of carboxylic acid groups (broad SMARTS) is 2. The fourth-order valence-electron chi connectivity index (χ4n) is 2.12. The van der Waals surface area contributed by atoms with Gasteiger partial charge in [-0.15, -0.1) is 0 Å². The zero-order chi connectivity index (χ0) is 18.4. The van der Waals surface area contributed by atoms with E-state index in [0.29, 0.717) is 11.3 Å². The van der Waals surface area contributed by atoms with Crippen LogP contribution in [0.2, 0.25) is 0 Å². The predicted molar refractivity (Wildman–Crippen MR) is 87.5 cm³/mol. The Bertz CT molecular complexity index is 814. The number of imidazole rings is 1. The Kier molecular flexibility index (Phi) is 5.75. The van der Waals surface area contributed by atoms with E-state index in [-0.39, 0.29) is 18.6 Å². The molecule has 1 atom stereocenters. The molecule has 0 saturated heterocycles. The first kappa shape index (κ1) is 18.0. The molecule has 9 nitrogen and oxygen atoms in total. The number of aliphatic imine (C=N–C) groups is 1. The lowest BCUT2D eigenvalue weighted by Gasteiger charge is -2.11. The van der Waals surface area contributed by atoms with Crippen LogP contribution in [-0.4, -0.2) is 49.8 Å². The summed E-state index contributed by atoms with van der Waals surface area (Å²) >= 11 is 0. The molecule has 3 rings (SSSR count). The molecule has 0 radical (unpaired) electrons. The minimum Gasteiger partial charge on any atom is -0.480 e. The number of hydrogen-bond acceptors (Lipinski definition) is 5. The largest absolute Gasteiger partial charge is 0.480 e. The minimum atomic E-state index is -1.13. The Morgan fingerprint density at radius 2 is 2.00 bits per heavy atom. The minimum absolute atomic E-state index is 0.0892. The third-order valence-corrected chi connectivity index (χ3v) is 3.39. The predicted octanol–water partition coefficient (Wildman–Crippen LogP) is 0.273. The number of carbonyl (C=O) groups excluding carboxylic acids is 1. The van der Waals surface area contributed by atoms with E-state index in [9.17, 15) is 14.4 Å². The smallest absolute Gasteiger partial charge is 0.350 e. The molecular formula is C16H16N4O5. The van der Waals surface area contributed by atoms with Gasteiger partial charge < -0.3 is 20.9 Å². The van der Waals surface area contributed by atoms with Crippen molar-refractivity contribution >= 4 is 23.6 Å². The van der Waals surface area contributed by atoms with Crippen LogP contribution >= 0.6 is 0 Å². The topological polar surface area (TPSA) is 159 Å². The van der Waals surface area contributed by atoms with Gasteiger partial charge >= 0.3 is 11.9 Å². The number of nitrogens with zero attached hydrogens (tertiary/aromatic N) is 2. The number of nitrogens with two attached hydrogens (primary N) is 1. The summed E-state index contributed by atoms with van der Waals surface area (Å²) in [4.78, 5) is 42.3. The number of carboxylic acids is 2. The Morgan fingerprint density at radius 3 is 2.60 bits per heavy atom. The number of aromatic amines is 1. The number of fused-ring (bicyclic) bond motifs is 1. The van der Waals surface area contributed by atoms with Gasteiger partial charge in [0.05, 0.1) is 12.0 Å². The lowest BCUT2D eigenvalue weighted by atomic mass is 9.98. The highest BCUT2D eigenvalue weighted by Crippen LogP contribution is 2.16. The highest BCUT2D eigenvalue weighted by Gasteiger charge is 2.22. The molecule has 0 unspecified atom stereocenters. The van der Waals surface area contributed by atoms with E-state index in [2.05, 4.69) is 15.0 Å². The summed E-state index contributed by atoms with van der Waals surface area (Å²) in [7, 11) is 0. The van der Waals surface area contributed by atoms with Crippen molar-refractivity contribution in [3.63, 3.8) is 0 Å². The average Bonchev–Trinajstić information content (AvgIpc) is 3.08. The van der Waals surface area contributed by atoms with Gasteiger partial charge in [-0.05, 0) is 11.6 Å². The second kappa shape index (κ2) is 7.97. The zero-order valence-electron chi connectivity index (χ0n) is 13.0. The fraction of sp³-hybridized carbons (Fsp3) is 0.188. The summed E-state index contributed by atoms with van der Waals surface area (Å²) in [5, 5.41) is 17.1. The van der Waals surface area contributed by atoms with Crippen molar-refractivity contribution in [1.82, 2.24) is 9.97 Å². The molecule has 1 aromatic heterocycles. The van der Waals surface area contributed by atoms with Gasteiger partial charge in [0.1, 0.15) is 11.8 Å². The normalized spacial score (nSPS) is 13.8. The maximum atomic E-state index is 11.3. The fourth-order valence-corrected chi connectivity index (χ4v) is 2.12. The quantitative estimate of drug-likeness (QED) is 0.619. The standard InChI is InChI=1S/C10H7NO3.C6H9N3O2/c12-9-7-4-2-1-3-6(7)5-8(11-9)10(13)14;7-5(6(10)11)1-4-2-8-3-9-4/h1-4H,5H2,(H,13,14);2-3,5H,1,7H2,(H,8,9)(H,10,11)/t;5-/m.0/s1. The molecule has 25 heavy (non-hydrogen) atoms. The van der Waals surface area contributed by atoms with Gasteiger partial charge in [0.2, 0.25) is 0 Å². The summed E-state index contributed by atoms with van der Waals surface area (Å²) in [5.74, 6) is -2.61. The van der Waals surface area contributed by atoms with E-state index in [1.807, 2.05) is 0 Å². The summed E-state index contributed by atoms with van der Waals surface area (Å²) in [6, 6.07) is 6.04. The molecule has 0 aliphatic carbocycles. The van der Waals surface area contributed by atoms with Gasteiger partial charge in [-0.1, -0.05) is 18.2 Å². The van der Waals surface area contributed by atoms with Crippen LogP contribution in [0.1, 0.15) is 21.6 Å². The molecule has 5 N–H and O–H groups in total. The molecule has 2 aromatic rings. The van der Waals surface area contributed by atoms with Crippen LogP contribution in [0, 0.1) is 0 Å². The number of carbonyl (C=O) groups is 3. The Morgan fingerprint density at radius 1 is 1.28 bits per heavy atom. The Hall–Kier alpha value is -3.33. The van der Waals surface area contributed by atoms with Crippen LogP contribution < -0.4 is 5.73 Å². The van der Waals surface area contributed by atoms with E-state index in [1.54, 1.807) is 30.5 Å². The molecule has 1 amide bonds. The number of H-pyrrole nitrogens is 1. The highest BCUT2D eigenvalue weighted by molar-refractivity contribution is 6.39. The molecule has 130 valence electrons. The van der Waals surface area contributed by atoms with Gasteiger partial charge in [0, 0.05) is 24.6 Å². The second-order valence-electron chi connectivity index (χ2n) is 5.21. The molecule has 0 spiro atoms. The van der Waals surface area contributed by atoms with Crippen LogP contribution in [-0.2, 0) is 22.4 Å². The molecule has 1 aromatic carbocycles. The molecule has 2 heterocycles. The molecule has 1 aliphatic rings. The van der Waals surface area contributed by atoms with Gasteiger partial charge in [-0.25, -0.2) is 14.8 Å². The average molecular weight is 344 g/mol. The van der Waals surface area contributed by atoms with Gasteiger partial charge in [-0.3, -0.25) is 9.59 Å². The van der Waals surface area contributed by atoms with Crippen LogP contribution in [0.15, 0.2) is 41.8 Å². The van der Waals surface area contributed by atoms with E-state index in [4.69, 9.17) is 15.9 Å². The highest BCUT2D eigenvalue weighted by atomic mass is 16.4. The molecule has 1 aliphatic heterocycles. The van der Waals surface area contributed by atoms with Crippen molar-refractivity contribution in [3.8, 4) is 0 Å². The summed E-state index contributed by atoms with van der Waals surface area (Å²) < 4.78 is 0. The van der Waals surface area contributed by atoms with Gasteiger partial charge in [0.25, 0.3) is 5.91 Å². The van der Waals surface area contributed by atoms with Crippen LogP contribution in [0.4, 0.5) is 0 Å². The first-order valence-electron chi connectivity index (χ1n) is 7.27. The second-order valence-corrected chi connectivity index (χ2v) is 5.21. The van der Waals surface area contributed by atoms with Crippen LogP contribution in [0.5, 0.6) is 0 Å². The number of benzene rings is 1. The van der Waals surface area contributed by atoms with E-state index < -0.39 is 23.9 Å². The summed E-state index contributed by atoms with van der Waals surface area (Å²) in [5.41, 5.74) is 7.06. The Balaban J connectivity index is 0.000000186.